The van der Waals surface area contributed by atoms with Crippen LogP contribution >= 0.6 is 0 Å². The number of hydrogen-bond acceptors (Lipinski definition) is 7. The molecule has 0 aromatic heterocycles. The smallest absolute Gasteiger partial charge is 0.164 e. The molecule has 2 rings (SSSR count). The molecule has 7 heteroatoms. The predicted octanol–water partition coefficient (Wildman–Crippen LogP) is 3.85. The molecule has 0 aliphatic heterocycles. The lowest BCUT2D eigenvalue weighted by atomic mass is 9.85. The number of rotatable bonds is 10. The first-order chi connectivity index (χ1) is 13.9. The lowest BCUT2D eigenvalue weighted by molar-refractivity contribution is -0.117. The molecule has 0 saturated carbocycles. The first-order valence-corrected chi connectivity index (χ1v) is 9.03. The number of carbonyl (C=O) groups excluding carboxylic acids is 1. The van der Waals surface area contributed by atoms with E-state index in [1.165, 1.54) is 0 Å². The van der Waals surface area contributed by atoms with Crippen molar-refractivity contribution >= 4 is 5.78 Å². The highest BCUT2D eigenvalue weighted by atomic mass is 16.5. The molecule has 7 nitrogen and oxygen atoms in total. The van der Waals surface area contributed by atoms with Gasteiger partial charge in [-0.05, 0) is 19.1 Å². The highest BCUT2D eigenvalue weighted by molar-refractivity contribution is 5.78. The highest BCUT2D eigenvalue weighted by Crippen LogP contribution is 2.46. The Balaban J connectivity index is 2.78. The minimum atomic E-state index is -0.364. The van der Waals surface area contributed by atoms with Crippen molar-refractivity contribution < 1.29 is 33.2 Å². The summed E-state index contributed by atoms with van der Waals surface area (Å²) in [7, 11) is 9.38. The molecule has 158 valence electrons. The van der Waals surface area contributed by atoms with E-state index in [9.17, 15) is 4.79 Å². The largest absolute Gasteiger partial charge is 0.496 e. The van der Waals surface area contributed by atoms with Crippen molar-refractivity contribution in [2.45, 2.75) is 19.3 Å². The van der Waals surface area contributed by atoms with Crippen molar-refractivity contribution in [3.63, 3.8) is 0 Å². The normalized spacial score (nSPS) is 10.5. The van der Waals surface area contributed by atoms with E-state index in [0.29, 0.717) is 34.5 Å². The number of ketones is 1. The van der Waals surface area contributed by atoms with E-state index in [1.807, 2.05) is 12.1 Å². The fourth-order valence-electron chi connectivity index (χ4n) is 3.33. The lowest BCUT2D eigenvalue weighted by Gasteiger charge is -2.24. The van der Waals surface area contributed by atoms with Gasteiger partial charge >= 0.3 is 0 Å². The minimum Gasteiger partial charge on any atom is -0.496 e. The van der Waals surface area contributed by atoms with Crippen LogP contribution in [0.2, 0.25) is 0 Å². The molecule has 0 atom stereocenters. The quantitative estimate of drug-likeness (QED) is 0.595. The Labute approximate surface area is 171 Å². The molecule has 0 bridgehead atoms. The molecule has 0 heterocycles. The van der Waals surface area contributed by atoms with Gasteiger partial charge in [-0.3, -0.25) is 4.79 Å². The number of hydrogen-bond donors (Lipinski definition) is 0. The molecule has 0 unspecified atom stereocenters. The Bertz CT molecular complexity index is 797. The molecular weight excluding hydrogens is 376 g/mol. The summed E-state index contributed by atoms with van der Waals surface area (Å²) in [5, 5.41) is 0. The zero-order valence-electron chi connectivity index (χ0n) is 18.0. The number of ether oxygens (including phenoxy) is 6. The molecule has 0 fully saturated rings. The number of carbonyl (C=O) groups is 1. The van der Waals surface area contributed by atoms with E-state index in [1.54, 1.807) is 61.7 Å². The summed E-state index contributed by atoms with van der Waals surface area (Å²) in [5.41, 5.74) is 1.54. The van der Waals surface area contributed by atoms with Crippen LogP contribution in [0.5, 0.6) is 34.5 Å². The Kier molecular flexibility index (Phi) is 7.59. The summed E-state index contributed by atoms with van der Waals surface area (Å²) >= 11 is 0. The summed E-state index contributed by atoms with van der Waals surface area (Å²) in [5.74, 6) is 2.95. The maximum Gasteiger partial charge on any atom is 0.164 e. The van der Waals surface area contributed by atoms with Gasteiger partial charge in [0.25, 0.3) is 0 Å². The maximum absolute atomic E-state index is 12.2. The van der Waals surface area contributed by atoms with Crippen LogP contribution in [0, 0.1) is 0 Å². The zero-order chi connectivity index (χ0) is 21.6. The van der Waals surface area contributed by atoms with Gasteiger partial charge in [-0.15, -0.1) is 0 Å². The molecular formula is C22H28O7. The zero-order valence-corrected chi connectivity index (χ0v) is 18.0. The van der Waals surface area contributed by atoms with Gasteiger partial charge in [0.05, 0.1) is 42.7 Å². The van der Waals surface area contributed by atoms with Crippen molar-refractivity contribution in [3.05, 3.63) is 35.4 Å². The van der Waals surface area contributed by atoms with Crippen LogP contribution in [-0.4, -0.2) is 48.4 Å². The average molecular weight is 404 g/mol. The van der Waals surface area contributed by atoms with Crippen LogP contribution < -0.4 is 28.4 Å². The fraction of sp³-hybridized carbons (Fsp3) is 0.409. The van der Waals surface area contributed by atoms with Gasteiger partial charge in [-0.1, -0.05) is 0 Å². The van der Waals surface area contributed by atoms with Crippen molar-refractivity contribution in [2.24, 2.45) is 0 Å². The number of methoxy groups -OCH3 is 6. The molecule has 29 heavy (non-hydrogen) atoms. The van der Waals surface area contributed by atoms with Crippen LogP contribution in [0.3, 0.4) is 0 Å². The summed E-state index contributed by atoms with van der Waals surface area (Å²) < 4.78 is 32.9. The van der Waals surface area contributed by atoms with Gasteiger partial charge in [0.2, 0.25) is 0 Å². The van der Waals surface area contributed by atoms with Crippen LogP contribution in [0.4, 0.5) is 0 Å². The molecule has 0 N–H and O–H groups in total. The van der Waals surface area contributed by atoms with Gasteiger partial charge in [0, 0.05) is 35.6 Å². The Morgan fingerprint density at radius 3 is 1.21 bits per heavy atom. The second-order valence-electron chi connectivity index (χ2n) is 6.36. The van der Waals surface area contributed by atoms with Crippen LogP contribution in [-0.2, 0) is 4.79 Å². The molecule has 0 aliphatic rings. The summed E-state index contributed by atoms with van der Waals surface area (Å²) in [6.07, 6.45) is 0.234. The van der Waals surface area contributed by atoms with E-state index < -0.39 is 0 Å². The Morgan fingerprint density at radius 2 is 0.931 bits per heavy atom. The van der Waals surface area contributed by atoms with E-state index in [-0.39, 0.29) is 18.1 Å². The maximum atomic E-state index is 12.2. The monoisotopic (exact) mass is 404 g/mol. The topological polar surface area (TPSA) is 72.5 Å². The lowest BCUT2D eigenvalue weighted by Crippen LogP contribution is -2.11. The highest BCUT2D eigenvalue weighted by Gasteiger charge is 2.27. The number of benzene rings is 2. The second kappa shape index (κ2) is 9.91. The second-order valence-corrected chi connectivity index (χ2v) is 6.36. The van der Waals surface area contributed by atoms with Gasteiger partial charge in [0.1, 0.15) is 17.3 Å². The van der Waals surface area contributed by atoms with Gasteiger partial charge in [0.15, 0.2) is 23.0 Å². The third-order valence-corrected chi connectivity index (χ3v) is 4.71. The van der Waals surface area contributed by atoms with Crippen LogP contribution in [0.25, 0.3) is 0 Å². The van der Waals surface area contributed by atoms with Gasteiger partial charge < -0.3 is 28.4 Å². The van der Waals surface area contributed by atoms with Crippen molar-refractivity contribution in [3.8, 4) is 34.5 Å². The summed E-state index contributed by atoms with van der Waals surface area (Å²) in [6.45, 7) is 1.55. The van der Waals surface area contributed by atoms with Crippen molar-refractivity contribution in [2.75, 3.05) is 42.7 Å². The van der Waals surface area contributed by atoms with Crippen molar-refractivity contribution in [1.82, 2.24) is 0 Å². The molecule has 2 aromatic rings. The minimum absolute atomic E-state index is 0.0173. The third-order valence-electron chi connectivity index (χ3n) is 4.71. The molecule has 0 aliphatic carbocycles. The van der Waals surface area contributed by atoms with E-state index >= 15 is 0 Å². The van der Waals surface area contributed by atoms with Crippen LogP contribution in [0.1, 0.15) is 30.4 Å². The molecule has 0 radical (unpaired) electrons. The summed E-state index contributed by atoms with van der Waals surface area (Å²) in [6, 6.07) is 7.13. The van der Waals surface area contributed by atoms with Crippen LogP contribution in [0.15, 0.2) is 24.3 Å². The standard InChI is InChI=1S/C22H28O7/c1-13(23)8-14(15-9-19(26-4)21(28-6)11-17(15)24-2)16-10-20(27-5)22(29-7)12-18(16)25-3/h9-12,14H,8H2,1-7H3. The number of Topliss-reactive ketones (excluding diaryl/α,β-unsaturated/α-hetero) is 1. The molecule has 0 spiro atoms. The first kappa shape index (κ1) is 22.2. The van der Waals surface area contributed by atoms with Crippen molar-refractivity contribution in [1.29, 1.82) is 0 Å². The first-order valence-electron chi connectivity index (χ1n) is 9.03. The van der Waals surface area contributed by atoms with Gasteiger partial charge in [-0.25, -0.2) is 0 Å². The summed E-state index contributed by atoms with van der Waals surface area (Å²) in [4.78, 5) is 12.2. The average Bonchev–Trinajstić information content (AvgIpc) is 2.75. The van der Waals surface area contributed by atoms with E-state index in [2.05, 4.69) is 0 Å². The van der Waals surface area contributed by atoms with E-state index in [0.717, 1.165) is 11.1 Å². The molecule has 0 amide bonds. The molecule has 0 saturated heterocycles. The SMILES string of the molecule is COc1cc(OC)c(C(CC(C)=O)c2cc(OC)c(OC)cc2OC)cc1OC. The van der Waals surface area contributed by atoms with Gasteiger partial charge in [-0.2, -0.15) is 0 Å². The Morgan fingerprint density at radius 1 is 0.621 bits per heavy atom. The van der Waals surface area contributed by atoms with E-state index in [4.69, 9.17) is 28.4 Å². The third kappa shape index (κ3) is 4.67. The predicted molar refractivity (Wildman–Crippen MR) is 109 cm³/mol. The fourth-order valence-corrected chi connectivity index (χ4v) is 3.33. The Hall–Kier alpha value is -3.09. The molecule has 2 aromatic carbocycles.